The summed E-state index contributed by atoms with van der Waals surface area (Å²) >= 11 is -1.03. The maximum atomic E-state index is 11.4. The Hall–Kier alpha value is -1.24. The number of urea groups is 1. The van der Waals surface area contributed by atoms with Gasteiger partial charge in [0.15, 0.2) is 4.90 Å². The van der Waals surface area contributed by atoms with Crippen molar-refractivity contribution in [2.24, 2.45) is 0 Å². The second-order valence-electron chi connectivity index (χ2n) is 3.00. The molecule has 1 rings (SSSR count). The van der Waals surface area contributed by atoms with E-state index in [1.807, 2.05) is 6.92 Å². The molecule has 2 N–H and O–H groups in total. The largest absolute Gasteiger partial charge is 0.611 e. The van der Waals surface area contributed by atoms with Crippen molar-refractivity contribution in [1.29, 1.82) is 0 Å². The number of hydrogen-bond donors (Lipinski definition) is 2. The van der Waals surface area contributed by atoms with E-state index in [-0.39, 0.29) is 0 Å². The highest BCUT2D eigenvalue weighted by Gasteiger charge is 2.13. The first-order chi connectivity index (χ1) is 7.60. The summed E-state index contributed by atoms with van der Waals surface area (Å²) in [5, 5.41) is 12.2. The van der Waals surface area contributed by atoms with Crippen LogP contribution in [0.15, 0.2) is 29.2 Å². The van der Waals surface area contributed by atoms with E-state index in [1.54, 1.807) is 12.1 Å². The number of carbonyl (C=O) groups excluding carboxylic acids is 1. The van der Waals surface area contributed by atoms with Crippen LogP contribution in [0.1, 0.15) is 6.92 Å². The van der Waals surface area contributed by atoms with E-state index in [9.17, 15) is 14.6 Å². The zero-order valence-corrected chi connectivity index (χ0v) is 9.95. The Morgan fingerprint density at radius 1 is 1.50 bits per heavy atom. The van der Waals surface area contributed by atoms with Crippen LogP contribution in [-0.2, 0) is 11.2 Å². The van der Waals surface area contributed by atoms with Gasteiger partial charge < -0.3 is 9.87 Å². The van der Waals surface area contributed by atoms with Crippen molar-refractivity contribution in [3.05, 3.63) is 24.3 Å². The topological polar surface area (TPSA) is 75.6 Å². The number of hydroxylamine groups is 1. The average molecular weight is 242 g/mol. The standard InChI is InChI=1S/C10H14N2O3S/c1-3-16(15)9-6-4-8(5-7-9)12(14)10(13)11-2/h4-7,14H,3H2,1-2H3,(H,11,13). The third kappa shape index (κ3) is 2.88. The summed E-state index contributed by atoms with van der Waals surface area (Å²) in [4.78, 5) is 11.8. The summed E-state index contributed by atoms with van der Waals surface area (Å²) in [6.07, 6.45) is 0. The number of anilines is 1. The molecule has 16 heavy (non-hydrogen) atoms. The Morgan fingerprint density at radius 3 is 2.50 bits per heavy atom. The lowest BCUT2D eigenvalue weighted by atomic mass is 10.3. The number of amides is 2. The fraction of sp³-hybridized carbons (Fsp3) is 0.300. The van der Waals surface area contributed by atoms with Crippen LogP contribution >= 0.6 is 0 Å². The van der Waals surface area contributed by atoms with Crippen LogP contribution in [-0.4, -0.2) is 28.6 Å². The second kappa shape index (κ2) is 5.74. The summed E-state index contributed by atoms with van der Waals surface area (Å²) in [5.41, 5.74) is 0.330. The van der Waals surface area contributed by atoms with Gasteiger partial charge in [-0.05, 0) is 42.4 Å². The Balaban J connectivity index is 2.82. The van der Waals surface area contributed by atoms with E-state index in [1.165, 1.54) is 19.2 Å². The first-order valence-corrected chi connectivity index (χ1v) is 6.11. The first-order valence-electron chi connectivity index (χ1n) is 4.79. The van der Waals surface area contributed by atoms with Crippen molar-refractivity contribution >= 4 is 22.9 Å². The molecule has 0 saturated heterocycles. The van der Waals surface area contributed by atoms with E-state index in [2.05, 4.69) is 5.32 Å². The summed E-state index contributed by atoms with van der Waals surface area (Å²) in [7, 11) is 1.42. The van der Waals surface area contributed by atoms with Crippen molar-refractivity contribution in [3.63, 3.8) is 0 Å². The average Bonchev–Trinajstić information content (AvgIpc) is 2.36. The Bertz CT molecular complexity index is 356. The molecule has 1 aromatic carbocycles. The fourth-order valence-electron chi connectivity index (χ4n) is 1.13. The van der Waals surface area contributed by atoms with Gasteiger partial charge in [-0.15, -0.1) is 0 Å². The molecular weight excluding hydrogens is 228 g/mol. The molecule has 0 aromatic heterocycles. The molecule has 0 aliphatic rings. The summed E-state index contributed by atoms with van der Waals surface area (Å²) in [5.74, 6) is 0.539. The number of rotatable bonds is 3. The molecule has 0 spiro atoms. The molecule has 5 nitrogen and oxygen atoms in total. The molecule has 0 fully saturated rings. The third-order valence-electron chi connectivity index (χ3n) is 2.01. The zero-order chi connectivity index (χ0) is 12.1. The lowest BCUT2D eigenvalue weighted by Crippen LogP contribution is -2.35. The second-order valence-corrected chi connectivity index (χ2v) is 4.73. The molecule has 0 saturated carbocycles. The van der Waals surface area contributed by atoms with Crippen molar-refractivity contribution in [3.8, 4) is 0 Å². The minimum absolute atomic E-state index is 0.330. The van der Waals surface area contributed by atoms with Gasteiger partial charge in [0.2, 0.25) is 0 Å². The SMILES string of the molecule is CC[S+]([O-])c1ccc(N(O)C(=O)NC)cc1. The molecule has 2 amide bonds. The quantitative estimate of drug-likeness (QED) is 0.477. The molecule has 88 valence electrons. The summed E-state index contributed by atoms with van der Waals surface area (Å²) in [6.45, 7) is 1.83. The van der Waals surface area contributed by atoms with Gasteiger partial charge >= 0.3 is 6.03 Å². The van der Waals surface area contributed by atoms with E-state index < -0.39 is 17.2 Å². The van der Waals surface area contributed by atoms with Crippen molar-refractivity contribution in [2.75, 3.05) is 17.9 Å². The highest BCUT2D eigenvalue weighted by atomic mass is 32.2. The molecule has 0 aliphatic heterocycles. The van der Waals surface area contributed by atoms with Gasteiger partial charge in [-0.2, -0.15) is 5.06 Å². The van der Waals surface area contributed by atoms with Gasteiger partial charge in [0.05, 0.1) is 5.69 Å². The Labute approximate surface area is 97.2 Å². The van der Waals surface area contributed by atoms with Gasteiger partial charge in [-0.25, -0.2) is 4.79 Å². The smallest absolute Gasteiger partial charge is 0.345 e. The van der Waals surface area contributed by atoms with Crippen LogP contribution in [0.25, 0.3) is 0 Å². The number of hydrogen-bond acceptors (Lipinski definition) is 3. The molecule has 1 aromatic rings. The van der Waals surface area contributed by atoms with Crippen LogP contribution in [0.3, 0.4) is 0 Å². The predicted molar refractivity (Wildman–Crippen MR) is 62.1 cm³/mol. The zero-order valence-electron chi connectivity index (χ0n) is 9.14. The van der Waals surface area contributed by atoms with Crippen molar-refractivity contribution in [2.45, 2.75) is 11.8 Å². The van der Waals surface area contributed by atoms with Crippen LogP contribution in [0, 0.1) is 0 Å². The lowest BCUT2D eigenvalue weighted by Gasteiger charge is -2.14. The van der Waals surface area contributed by atoms with Gasteiger partial charge in [-0.1, -0.05) is 0 Å². The number of benzene rings is 1. The Kier molecular flexibility index (Phi) is 4.60. The Morgan fingerprint density at radius 2 is 2.06 bits per heavy atom. The van der Waals surface area contributed by atoms with E-state index in [0.717, 1.165) is 0 Å². The van der Waals surface area contributed by atoms with Gasteiger partial charge in [0.1, 0.15) is 5.75 Å². The summed E-state index contributed by atoms with van der Waals surface area (Å²) in [6, 6.07) is 5.71. The van der Waals surface area contributed by atoms with E-state index >= 15 is 0 Å². The van der Waals surface area contributed by atoms with Crippen LogP contribution in [0.2, 0.25) is 0 Å². The normalized spacial score (nSPS) is 12.0. The molecule has 0 bridgehead atoms. The fourth-order valence-corrected chi connectivity index (χ4v) is 1.90. The summed E-state index contributed by atoms with van der Waals surface area (Å²) < 4.78 is 11.4. The number of nitrogens with one attached hydrogen (secondary N) is 1. The van der Waals surface area contributed by atoms with Gasteiger partial charge in [0, 0.05) is 7.05 Å². The minimum atomic E-state index is -1.03. The number of carbonyl (C=O) groups is 1. The van der Waals surface area contributed by atoms with Crippen LogP contribution in [0.5, 0.6) is 0 Å². The highest BCUT2D eigenvalue weighted by molar-refractivity contribution is 7.91. The van der Waals surface area contributed by atoms with Gasteiger partial charge in [0.25, 0.3) is 0 Å². The maximum Gasteiger partial charge on any atom is 0.345 e. The maximum absolute atomic E-state index is 11.4. The molecular formula is C10H14N2O3S. The number of nitrogens with zero attached hydrogens (tertiary/aromatic N) is 1. The lowest BCUT2D eigenvalue weighted by molar-refractivity contribution is 0.206. The molecule has 0 heterocycles. The first kappa shape index (κ1) is 12.8. The molecule has 0 radical (unpaired) electrons. The molecule has 0 aliphatic carbocycles. The van der Waals surface area contributed by atoms with Crippen LogP contribution < -0.4 is 10.4 Å². The molecule has 1 unspecified atom stereocenters. The predicted octanol–water partition coefficient (Wildman–Crippen LogP) is 1.35. The third-order valence-corrected chi connectivity index (χ3v) is 3.33. The van der Waals surface area contributed by atoms with E-state index in [0.29, 0.717) is 21.4 Å². The van der Waals surface area contributed by atoms with Gasteiger partial charge in [-0.3, -0.25) is 5.21 Å². The van der Waals surface area contributed by atoms with E-state index in [4.69, 9.17) is 0 Å². The minimum Gasteiger partial charge on any atom is -0.611 e. The molecule has 1 atom stereocenters. The monoisotopic (exact) mass is 242 g/mol. The molecule has 6 heteroatoms. The van der Waals surface area contributed by atoms with Crippen molar-refractivity contribution < 1.29 is 14.6 Å². The van der Waals surface area contributed by atoms with Crippen molar-refractivity contribution in [1.82, 2.24) is 5.32 Å². The van der Waals surface area contributed by atoms with Crippen LogP contribution in [0.4, 0.5) is 10.5 Å². The highest BCUT2D eigenvalue weighted by Crippen LogP contribution is 2.17.